The number of non-ortho nitro benzene ring substituents is 1. The van der Waals surface area contributed by atoms with Crippen LogP contribution in [0.15, 0.2) is 23.9 Å². The molecule has 3 rings (SSSR count). The number of hydrogen-bond donors (Lipinski definition) is 3. The molecule has 1 fully saturated rings. The van der Waals surface area contributed by atoms with E-state index in [-0.39, 0.29) is 16.7 Å². The van der Waals surface area contributed by atoms with Crippen LogP contribution in [-0.2, 0) is 4.79 Å². The summed E-state index contributed by atoms with van der Waals surface area (Å²) in [5.41, 5.74) is 2.42. The van der Waals surface area contributed by atoms with Crippen LogP contribution in [0.1, 0.15) is 5.56 Å². The van der Waals surface area contributed by atoms with Crippen LogP contribution in [0, 0.1) is 10.1 Å². The topological polar surface area (TPSA) is 96.3 Å². The highest BCUT2D eigenvalue weighted by molar-refractivity contribution is 7.80. The molecule has 1 saturated heterocycles. The second kappa shape index (κ2) is 4.02. The average molecular weight is 276 g/mol. The van der Waals surface area contributed by atoms with Crippen LogP contribution in [0.2, 0.25) is 0 Å². The molecule has 2 aliphatic rings. The van der Waals surface area contributed by atoms with Gasteiger partial charge >= 0.3 is 0 Å². The number of nitrogens with one attached hydrogen (secondary N) is 3. The van der Waals surface area contributed by atoms with Crippen molar-refractivity contribution in [3.05, 3.63) is 39.6 Å². The number of carbonyl (C=O) groups is 1. The molecule has 0 spiro atoms. The Hall–Kier alpha value is -2.48. The van der Waals surface area contributed by atoms with Crippen molar-refractivity contribution < 1.29 is 9.72 Å². The molecule has 0 radical (unpaired) electrons. The number of hydrogen-bond acceptors (Lipinski definition) is 5. The number of amides is 1. The molecule has 0 atom stereocenters. The molecule has 2 aliphatic heterocycles. The van der Waals surface area contributed by atoms with E-state index in [0.29, 0.717) is 23.4 Å². The summed E-state index contributed by atoms with van der Waals surface area (Å²) in [7, 11) is 0. The summed E-state index contributed by atoms with van der Waals surface area (Å²) in [5, 5.41) is 19.4. The van der Waals surface area contributed by atoms with Gasteiger partial charge < -0.3 is 10.6 Å². The Labute approximate surface area is 112 Å². The Kier molecular flexibility index (Phi) is 2.46. The lowest BCUT2D eigenvalue weighted by molar-refractivity contribution is -0.384. The molecule has 1 aromatic rings. The van der Waals surface area contributed by atoms with Gasteiger partial charge in [0.1, 0.15) is 5.70 Å². The number of nitro groups is 1. The van der Waals surface area contributed by atoms with E-state index in [4.69, 9.17) is 12.2 Å². The van der Waals surface area contributed by atoms with E-state index in [1.54, 1.807) is 6.07 Å². The number of benzene rings is 1. The Bertz CT molecular complexity index is 668. The van der Waals surface area contributed by atoms with Gasteiger partial charge in [0.25, 0.3) is 11.6 Å². The Morgan fingerprint density at radius 1 is 1.32 bits per heavy atom. The fraction of sp³-hybridized carbons (Fsp3) is 0.0909. The number of nitrogens with zero attached hydrogens (tertiary/aromatic N) is 1. The van der Waals surface area contributed by atoms with Crippen LogP contribution in [0.25, 0.3) is 5.57 Å². The Morgan fingerprint density at radius 3 is 2.74 bits per heavy atom. The first-order valence-electron chi connectivity index (χ1n) is 5.44. The van der Waals surface area contributed by atoms with E-state index in [1.807, 2.05) is 0 Å². The van der Waals surface area contributed by atoms with Crippen molar-refractivity contribution >= 4 is 40.2 Å². The molecular weight excluding hydrogens is 268 g/mol. The molecule has 0 saturated carbocycles. The summed E-state index contributed by atoms with van der Waals surface area (Å²) < 4.78 is 0. The number of nitro benzene ring substituents is 1. The molecule has 0 aliphatic carbocycles. The molecule has 0 bridgehead atoms. The van der Waals surface area contributed by atoms with Crippen molar-refractivity contribution in [2.45, 2.75) is 0 Å². The molecule has 0 aromatic heterocycles. The van der Waals surface area contributed by atoms with Gasteiger partial charge in [0.2, 0.25) is 0 Å². The van der Waals surface area contributed by atoms with Crippen molar-refractivity contribution in [2.24, 2.45) is 0 Å². The fourth-order valence-electron chi connectivity index (χ4n) is 2.13. The molecule has 8 heteroatoms. The van der Waals surface area contributed by atoms with Crippen LogP contribution >= 0.6 is 12.2 Å². The van der Waals surface area contributed by atoms with Gasteiger partial charge in [0, 0.05) is 35.5 Å². The van der Waals surface area contributed by atoms with Crippen molar-refractivity contribution in [1.29, 1.82) is 0 Å². The largest absolute Gasteiger partial charge is 0.380 e. The van der Waals surface area contributed by atoms with Crippen LogP contribution in [0.3, 0.4) is 0 Å². The maximum Gasteiger partial charge on any atom is 0.274 e. The molecule has 2 heterocycles. The number of rotatable bonds is 1. The SMILES string of the molecule is O=C1NC(=S)NC1=C1CNc2ccc([N+](=O)[O-])cc21. The first-order valence-corrected chi connectivity index (χ1v) is 5.85. The van der Waals surface area contributed by atoms with Gasteiger partial charge in [0.05, 0.1) is 4.92 Å². The lowest BCUT2D eigenvalue weighted by atomic mass is 10.0. The van der Waals surface area contributed by atoms with E-state index in [9.17, 15) is 14.9 Å². The van der Waals surface area contributed by atoms with Gasteiger partial charge in [-0.25, -0.2) is 0 Å². The van der Waals surface area contributed by atoms with Gasteiger partial charge in [-0.15, -0.1) is 0 Å². The molecule has 1 amide bonds. The maximum absolute atomic E-state index is 11.7. The molecule has 0 unspecified atom stereocenters. The standard InChI is InChI=1S/C11H8N4O3S/c16-10-9(13-11(19)14-10)7-4-12-8-2-1-5(15(17)18)3-6(7)8/h1-3,12H,4H2,(H2,13,14,16,19). The first-order chi connectivity index (χ1) is 9.06. The Balaban J connectivity index is 2.13. The van der Waals surface area contributed by atoms with Gasteiger partial charge in [0.15, 0.2) is 5.11 Å². The Morgan fingerprint density at radius 2 is 2.11 bits per heavy atom. The zero-order chi connectivity index (χ0) is 13.6. The predicted molar refractivity (Wildman–Crippen MR) is 72.4 cm³/mol. The minimum atomic E-state index is -0.465. The summed E-state index contributed by atoms with van der Waals surface area (Å²) in [6.45, 7) is 0.425. The third kappa shape index (κ3) is 1.82. The van der Waals surface area contributed by atoms with Gasteiger partial charge in [-0.1, -0.05) is 0 Å². The number of anilines is 1. The molecule has 19 heavy (non-hydrogen) atoms. The third-order valence-corrected chi connectivity index (χ3v) is 3.19. The van der Waals surface area contributed by atoms with Gasteiger partial charge in [-0.3, -0.25) is 20.2 Å². The molecule has 3 N–H and O–H groups in total. The summed E-state index contributed by atoms with van der Waals surface area (Å²) >= 11 is 4.87. The normalized spacial score (nSPS) is 20.6. The fourth-order valence-corrected chi connectivity index (χ4v) is 2.33. The predicted octanol–water partition coefficient (Wildman–Crippen LogP) is 0.736. The highest BCUT2D eigenvalue weighted by atomic mass is 32.1. The minimum absolute atomic E-state index is 0.0125. The van der Waals surface area contributed by atoms with Crippen LogP contribution in [-0.4, -0.2) is 22.5 Å². The van der Waals surface area contributed by atoms with E-state index in [1.165, 1.54) is 12.1 Å². The number of thiocarbonyl (C=S) groups is 1. The second-order valence-electron chi connectivity index (χ2n) is 4.10. The van der Waals surface area contributed by atoms with Crippen molar-refractivity contribution in [1.82, 2.24) is 10.6 Å². The van der Waals surface area contributed by atoms with Crippen molar-refractivity contribution in [3.63, 3.8) is 0 Å². The summed E-state index contributed by atoms with van der Waals surface area (Å²) in [4.78, 5) is 22.1. The monoisotopic (exact) mass is 276 g/mol. The van der Waals surface area contributed by atoms with E-state index in [2.05, 4.69) is 16.0 Å². The number of fused-ring (bicyclic) bond motifs is 1. The van der Waals surface area contributed by atoms with Crippen LogP contribution < -0.4 is 16.0 Å². The zero-order valence-electron chi connectivity index (χ0n) is 9.52. The average Bonchev–Trinajstić information content (AvgIpc) is 2.91. The summed E-state index contributed by atoms with van der Waals surface area (Å²) in [5.74, 6) is -0.318. The van der Waals surface area contributed by atoms with E-state index >= 15 is 0 Å². The minimum Gasteiger partial charge on any atom is -0.380 e. The lowest BCUT2D eigenvalue weighted by Gasteiger charge is -2.02. The van der Waals surface area contributed by atoms with E-state index in [0.717, 1.165) is 5.69 Å². The maximum atomic E-state index is 11.7. The van der Waals surface area contributed by atoms with Crippen molar-refractivity contribution in [2.75, 3.05) is 11.9 Å². The molecular formula is C11H8N4O3S. The third-order valence-electron chi connectivity index (χ3n) is 2.99. The van der Waals surface area contributed by atoms with Crippen molar-refractivity contribution in [3.8, 4) is 0 Å². The number of carbonyl (C=O) groups excluding carboxylic acids is 1. The second-order valence-corrected chi connectivity index (χ2v) is 4.51. The molecule has 96 valence electrons. The smallest absolute Gasteiger partial charge is 0.274 e. The van der Waals surface area contributed by atoms with Gasteiger partial charge in [-0.2, -0.15) is 0 Å². The zero-order valence-corrected chi connectivity index (χ0v) is 10.3. The first kappa shape index (κ1) is 11.6. The summed E-state index contributed by atoms with van der Waals surface area (Å²) in [6.07, 6.45) is 0. The highest BCUT2D eigenvalue weighted by Gasteiger charge is 2.29. The molecule has 1 aromatic carbocycles. The van der Waals surface area contributed by atoms with Gasteiger partial charge in [-0.05, 0) is 18.3 Å². The highest BCUT2D eigenvalue weighted by Crippen LogP contribution is 2.35. The van der Waals surface area contributed by atoms with Crippen LogP contribution in [0.5, 0.6) is 0 Å². The van der Waals surface area contributed by atoms with E-state index < -0.39 is 4.92 Å². The lowest BCUT2D eigenvalue weighted by Crippen LogP contribution is -2.21. The van der Waals surface area contributed by atoms with Crippen LogP contribution in [0.4, 0.5) is 11.4 Å². The quantitative estimate of drug-likeness (QED) is 0.303. The molecule has 7 nitrogen and oxygen atoms in total. The summed E-state index contributed by atoms with van der Waals surface area (Å²) in [6, 6.07) is 4.51.